The van der Waals surface area contributed by atoms with Crippen LogP contribution in [0.1, 0.15) is 0 Å². The van der Waals surface area contributed by atoms with Gasteiger partial charge in [0.05, 0.1) is 10.7 Å². The van der Waals surface area contributed by atoms with Crippen molar-refractivity contribution in [2.24, 2.45) is 0 Å². The Morgan fingerprint density at radius 2 is 2.10 bits per heavy atom. The lowest BCUT2D eigenvalue weighted by Gasteiger charge is -2.12. The maximum atomic E-state index is 11.6. The van der Waals surface area contributed by atoms with E-state index in [0.717, 1.165) is 10.5 Å². The molecule has 0 atom stereocenters. The Kier molecular flexibility index (Phi) is 5.16. The fourth-order valence-electron chi connectivity index (χ4n) is 1.24. The van der Waals surface area contributed by atoms with E-state index in [1.807, 2.05) is 0 Å². The number of rotatable bonds is 7. The first-order chi connectivity index (χ1) is 9.27. The van der Waals surface area contributed by atoms with E-state index >= 15 is 0 Å². The van der Waals surface area contributed by atoms with Crippen LogP contribution < -0.4 is 10.6 Å². The molecule has 0 spiro atoms. The summed E-state index contributed by atoms with van der Waals surface area (Å²) >= 11 is 0. The number of anilines is 2. The number of nitrogens with zero attached hydrogens (tertiary/aromatic N) is 4. The Balaban J connectivity index is 2.84. The lowest BCUT2D eigenvalue weighted by molar-refractivity contribution is -0.384. The van der Waals surface area contributed by atoms with E-state index in [0.29, 0.717) is 0 Å². The number of sulfonamides is 1. The zero-order valence-corrected chi connectivity index (χ0v) is 12.1. The van der Waals surface area contributed by atoms with Crippen LogP contribution in [0, 0.1) is 10.1 Å². The number of hydrogen-bond acceptors (Lipinski definition) is 8. The van der Waals surface area contributed by atoms with Crippen molar-refractivity contribution in [3.63, 3.8) is 0 Å². The minimum Gasteiger partial charge on any atom is -0.363 e. The summed E-state index contributed by atoms with van der Waals surface area (Å²) in [6, 6.07) is 0. The highest BCUT2D eigenvalue weighted by atomic mass is 32.2. The summed E-state index contributed by atoms with van der Waals surface area (Å²) in [7, 11) is 1.03. The van der Waals surface area contributed by atoms with Crippen molar-refractivity contribution in [2.45, 2.75) is 0 Å². The average Bonchev–Trinajstić information content (AvgIpc) is 2.37. The largest absolute Gasteiger partial charge is 0.363 e. The van der Waals surface area contributed by atoms with Gasteiger partial charge < -0.3 is 10.6 Å². The molecule has 1 aromatic heterocycles. The Bertz CT molecular complexity index is 588. The molecule has 0 unspecified atom stereocenters. The highest BCUT2D eigenvalue weighted by molar-refractivity contribution is 7.89. The molecule has 0 saturated carbocycles. The third-order valence-electron chi connectivity index (χ3n) is 2.40. The molecule has 11 heteroatoms. The minimum atomic E-state index is -3.38. The summed E-state index contributed by atoms with van der Waals surface area (Å²) in [6.07, 6.45) is 1.06. The predicted molar refractivity (Wildman–Crippen MR) is 74.2 cm³/mol. The van der Waals surface area contributed by atoms with E-state index in [2.05, 4.69) is 20.6 Å². The highest BCUT2D eigenvalue weighted by Gasteiger charge is 2.18. The van der Waals surface area contributed by atoms with Gasteiger partial charge in [-0.25, -0.2) is 17.7 Å². The van der Waals surface area contributed by atoms with E-state index < -0.39 is 14.9 Å². The normalized spacial score (nSPS) is 11.4. The molecule has 0 fully saturated rings. The number of nitrogens with one attached hydrogen (secondary N) is 2. The molecule has 1 aromatic rings. The van der Waals surface area contributed by atoms with Crippen molar-refractivity contribution in [2.75, 3.05) is 44.1 Å². The fourth-order valence-corrected chi connectivity index (χ4v) is 1.97. The van der Waals surface area contributed by atoms with Crippen LogP contribution in [0.4, 0.5) is 17.5 Å². The topological polar surface area (TPSA) is 130 Å². The summed E-state index contributed by atoms with van der Waals surface area (Å²) in [5.74, 6) is -0.0207. The van der Waals surface area contributed by atoms with Crippen LogP contribution in [0.3, 0.4) is 0 Å². The van der Waals surface area contributed by atoms with Gasteiger partial charge in [0, 0.05) is 27.7 Å². The first-order valence-electron chi connectivity index (χ1n) is 5.61. The lowest BCUT2D eigenvalue weighted by atomic mass is 10.4. The summed E-state index contributed by atoms with van der Waals surface area (Å²) < 4.78 is 24.2. The molecule has 2 N–H and O–H groups in total. The van der Waals surface area contributed by atoms with Crippen LogP contribution >= 0.6 is 0 Å². The molecule has 0 saturated heterocycles. The van der Waals surface area contributed by atoms with Gasteiger partial charge in [-0.2, -0.15) is 4.98 Å². The molecule has 10 nitrogen and oxygen atoms in total. The quantitative estimate of drug-likeness (QED) is 0.520. The van der Waals surface area contributed by atoms with Crippen LogP contribution in [0.5, 0.6) is 0 Å². The van der Waals surface area contributed by atoms with E-state index in [1.165, 1.54) is 14.1 Å². The Morgan fingerprint density at radius 1 is 1.45 bits per heavy atom. The van der Waals surface area contributed by atoms with Gasteiger partial charge in [0.1, 0.15) is 6.20 Å². The average molecular weight is 304 g/mol. The molecular weight excluding hydrogens is 288 g/mol. The molecule has 0 radical (unpaired) electrons. The van der Waals surface area contributed by atoms with Gasteiger partial charge in [-0.1, -0.05) is 0 Å². The minimum absolute atomic E-state index is 0.00151. The van der Waals surface area contributed by atoms with E-state index in [-0.39, 0.29) is 29.8 Å². The van der Waals surface area contributed by atoms with Crippen LogP contribution in [-0.2, 0) is 10.0 Å². The highest BCUT2D eigenvalue weighted by Crippen LogP contribution is 2.21. The Hall–Kier alpha value is -2.01. The summed E-state index contributed by atoms with van der Waals surface area (Å²) in [5, 5.41) is 16.1. The van der Waals surface area contributed by atoms with Crippen LogP contribution in [-0.4, -0.2) is 61.1 Å². The van der Waals surface area contributed by atoms with E-state index in [1.54, 1.807) is 7.05 Å². The molecule has 0 bridgehead atoms. The van der Waals surface area contributed by atoms with Crippen molar-refractivity contribution in [1.82, 2.24) is 14.3 Å². The van der Waals surface area contributed by atoms with E-state index in [9.17, 15) is 18.5 Å². The van der Waals surface area contributed by atoms with Gasteiger partial charge >= 0.3 is 5.69 Å². The SMILES string of the molecule is CNc1ncc([N+](=O)[O-])c(NCCS(=O)(=O)N(C)C)n1. The van der Waals surface area contributed by atoms with E-state index in [4.69, 9.17) is 0 Å². The molecule has 1 rings (SSSR count). The molecule has 0 aliphatic rings. The molecular formula is C9H16N6O4S. The Labute approximate surface area is 116 Å². The first kappa shape index (κ1) is 16.0. The summed E-state index contributed by atoms with van der Waals surface area (Å²) in [4.78, 5) is 17.8. The molecule has 0 amide bonds. The second-order valence-electron chi connectivity index (χ2n) is 3.96. The smallest absolute Gasteiger partial charge is 0.329 e. The molecule has 0 aliphatic heterocycles. The predicted octanol–water partition coefficient (Wildman–Crippen LogP) is -0.270. The molecule has 20 heavy (non-hydrogen) atoms. The van der Waals surface area contributed by atoms with Gasteiger partial charge in [-0.05, 0) is 0 Å². The van der Waals surface area contributed by atoms with Crippen LogP contribution in [0.25, 0.3) is 0 Å². The zero-order chi connectivity index (χ0) is 15.3. The lowest BCUT2D eigenvalue weighted by Crippen LogP contribution is -2.28. The maximum absolute atomic E-state index is 11.6. The standard InChI is InChI=1S/C9H16N6O4S/c1-10-9-12-6-7(15(16)17)8(13-9)11-4-5-20(18,19)14(2)3/h6H,4-5H2,1-3H3,(H2,10,11,12,13). The number of aromatic nitrogens is 2. The third kappa shape index (κ3) is 3.99. The van der Waals surface area contributed by atoms with Gasteiger partial charge in [-0.3, -0.25) is 10.1 Å². The summed E-state index contributed by atoms with van der Waals surface area (Å²) in [5.41, 5.74) is -0.314. The summed E-state index contributed by atoms with van der Waals surface area (Å²) in [6.45, 7) is 0.00151. The fraction of sp³-hybridized carbons (Fsp3) is 0.556. The van der Waals surface area contributed by atoms with Crippen LogP contribution in [0.2, 0.25) is 0 Å². The third-order valence-corrected chi connectivity index (χ3v) is 4.23. The van der Waals surface area contributed by atoms with Crippen molar-refractivity contribution >= 4 is 27.5 Å². The number of hydrogen-bond donors (Lipinski definition) is 2. The van der Waals surface area contributed by atoms with Gasteiger partial charge in [0.2, 0.25) is 21.8 Å². The Morgan fingerprint density at radius 3 is 2.60 bits per heavy atom. The second-order valence-corrected chi connectivity index (χ2v) is 6.26. The zero-order valence-electron chi connectivity index (χ0n) is 11.3. The van der Waals surface area contributed by atoms with Crippen molar-refractivity contribution in [3.05, 3.63) is 16.3 Å². The van der Waals surface area contributed by atoms with Crippen molar-refractivity contribution in [1.29, 1.82) is 0 Å². The van der Waals surface area contributed by atoms with Gasteiger partial charge in [0.15, 0.2) is 0 Å². The molecule has 0 aromatic carbocycles. The molecule has 0 aliphatic carbocycles. The maximum Gasteiger partial charge on any atom is 0.329 e. The van der Waals surface area contributed by atoms with Crippen molar-refractivity contribution in [3.8, 4) is 0 Å². The monoisotopic (exact) mass is 304 g/mol. The van der Waals surface area contributed by atoms with Crippen molar-refractivity contribution < 1.29 is 13.3 Å². The number of nitro groups is 1. The molecule has 112 valence electrons. The van der Waals surface area contributed by atoms with Gasteiger partial charge in [-0.15, -0.1) is 0 Å². The first-order valence-corrected chi connectivity index (χ1v) is 7.22. The molecule has 1 heterocycles. The van der Waals surface area contributed by atoms with Gasteiger partial charge in [0.25, 0.3) is 0 Å². The second kappa shape index (κ2) is 6.43. The van der Waals surface area contributed by atoms with Crippen LogP contribution in [0.15, 0.2) is 6.20 Å².